The van der Waals surface area contributed by atoms with E-state index in [0.29, 0.717) is 61.5 Å². The van der Waals surface area contributed by atoms with Crippen molar-refractivity contribution in [1.82, 2.24) is 9.80 Å². The van der Waals surface area contributed by atoms with Crippen molar-refractivity contribution in [2.24, 2.45) is 5.41 Å². The van der Waals surface area contributed by atoms with E-state index in [9.17, 15) is 9.59 Å². The Labute approximate surface area is 159 Å². The van der Waals surface area contributed by atoms with Crippen molar-refractivity contribution in [3.05, 3.63) is 22.7 Å². The standard InChI is InChI=1S/C19H25ClN2O4/c1-19(2,3)18(24)22-7-5-21(6-8-22)17(23)13-11-14(20)16-15(12-13)25-9-4-10-26-16/h11-12H,4-10H2,1-3H3. The van der Waals surface area contributed by atoms with E-state index in [1.165, 1.54) is 0 Å². The molecule has 0 bridgehead atoms. The maximum absolute atomic E-state index is 12.9. The topological polar surface area (TPSA) is 59.1 Å². The van der Waals surface area contributed by atoms with E-state index >= 15 is 0 Å². The molecule has 7 heteroatoms. The highest BCUT2D eigenvalue weighted by molar-refractivity contribution is 6.32. The number of halogens is 1. The van der Waals surface area contributed by atoms with Crippen LogP contribution in [0.1, 0.15) is 37.6 Å². The number of ether oxygens (including phenoxy) is 2. The van der Waals surface area contributed by atoms with Crippen LogP contribution in [-0.2, 0) is 4.79 Å². The number of fused-ring (bicyclic) bond motifs is 1. The largest absolute Gasteiger partial charge is 0.489 e. The number of rotatable bonds is 1. The highest BCUT2D eigenvalue weighted by Crippen LogP contribution is 2.38. The van der Waals surface area contributed by atoms with Gasteiger partial charge in [-0.2, -0.15) is 0 Å². The van der Waals surface area contributed by atoms with Crippen LogP contribution in [0.4, 0.5) is 0 Å². The molecule has 0 radical (unpaired) electrons. The summed E-state index contributed by atoms with van der Waals surface area (Å²) >= 11 is 6.29. The van der Waals surface area contributed by atoms with E-state index in [-0.39, 0.29) is 11.8 Å². The molecule has 2 heterocycles. The molecule has 0 aromatic heterocycles. The van der Waals surface area contributed by atoms with E-state index in [0.717, 1.165) is 6.42 Å². The lowest BCUT2D eigenvalue weighted by molar-refractivity contribution is -0.140. The molecule has 2 aliphatic rings. The number of nitrogens with zero attached hydrogens (tertiary/aromatic N) is 2. The average molecular weight is 381 g/mol. The van der Waals surface area contributed by atoms with Gasteiger partial charge in [-0.05, 0) is 12.1 Å². The third-order valence-electron chi connectivity index (χ3n) is 4.54. The Kier molecular flexibility index (Phi) is 5.32. The van der Waals surface area contributed by atoms with Gasteiger partial charge >= 0.3 is 0 Å². The second-order valence-corrected chi connectivity index (χ2v) is 8.08. The molecule has 2 aliphatic heterocycles. The molecule has 3 rings (SSSR count). The molecule has 0 spiro atoms. The first-order chi connectivity index (χ1) is 12.3. The van der Waals surface area contributed by atoms with Gasteiger partial charge in [-0.1, -0.05) is 32.4 Å². The van der Waals surface area contributed by atoms with Gasteiger partial charge in [0, 0.05) is 43.6 Å². The van der Waals surface area contributed by atoms with Crippen molar-refractivity contribution < 1.29 is 19.1 Å². The van der Waals surface area contributed by atoms with E-state index in [1.807, 2.05) is 25.7 Å². The monoisotopic (exact) mass is 380 g/mol. The van der Waals surface area contributed by atoms with Crippen molar-refractivity contribution in [3.8, 4) is 11.5 Å². The summed E-state index contributed by atoms with van der Waals surface area (Å²) < 4.78 is 11.3. The average Bonchev–Trinajstić information content (AvgIpc) is 2.85. The SMILES string of the molecule is CC(C)(C)C(=O)N1CCN(C(=O)c2cc(Cl)c3c(c2)OCCCO3)CC1. The van der Waals surface area contributed by atoms with Gasteiger partial charge < -0.3 is 19.3 Å². The maximum Gasteiger partial charge on any atom is 0.254 e. The summed E-state index contributed by atoms with van der Waals surface area (Å²) in [4.78, 5) is 28.8. The fourth-order valence-electron chi connectivity index (χ4n) is 3.12. The van der Waals surface area contributed by atoms with Crippen LogP contribution in [0.25, 0.3) is 0 Å². The Balaban J connectivity index is 1.70. The fraction of sp³-hybridized carbons (Fsp3) is 0.579. The highest BCUT2D eigenvalue weighted by atomic mass is 35.5. The van der Waals surface area contributed by atoms with Crippen molar-refractivity contribution in [3.63, 3.8) is 0 Å². The van der Waals surface area contributed by atoms with Crippen molar-refractivity contribution >= 4 is 23.4 Å². The lowest BCUT2D eigenvalue weighted by Gasteiger charge is -2.37. The van der Waals surface area contributed by atoms with Crippen LogP contribution < -0.4 is 9.47 Å². The van der Waals surface area contributed by atoms with Gasteiger partial charge in [0.15, 0.2) is 11.5 Å². The minimum atomic E-state index is -0.409. The molecule has 0 N–H and O–H groups in total. The van der Waals surface area contributed by atoms with Gasteiger partial charge in [0.25, 0.3) is 5.91 Å². The van der Waals surface area contributed by atoms with E-state index in [1.54, 1.807) is 17.0 Å². The summed E-state index contributed by atoms with van der Waals surface area (Å²) in [6.07, 6.45) is 0.776. The number of carbonyl (C=O) groups is 2. The number of hydrogen-bond acceptors (Lipinski definition) is 4. The minimum absolute atomic E-state index is 0.106. The van der Waals surface area contributed by atoms with E-state index in [2.05, 4.69) is 0 Å². The first-order valence-electron chi connectivity index (χ1n) is 8.95. The van der Waals surface area contributed by atoms with Crippen molar-refractivity contribution in [2.45, 2.75) is 27.2 Å². The number of amides is 2. The molecule has 2 amide bonds. The van der Waals surface area contributed by atoms with Crippen LogP contribution in [0.15, 0.2) is 12.1 Å². The van der Waals surface area contributed by atoms with Gasteiger partial charge in [0.2, 0.25) is 5.91 Å². The van der Waals surface area contributed by atoms with Crippen molar-refractivity contribution in [2.75, 3.05) is 39.4 Å². The molecular weight excluding hydrogens is 356 g/mol. The second-order valence-electron chi connectivity index (χ2n) is 7.67. The quantitative estimate of drug-likeness (QED) is 0.751. The third-order valence-corrected chi connectivity index (χ3v) is 4.83. The van der Waals surface area contributed by atoms with Gasteiger partial charge in [0.05, 0.1) is 18.2 Å². The summed E-state index contributed by atoms with van der Waals surface area (Å²) in [6.45, 7) is 8.91. The van der Waals surface area contributed by atoms with Crippen LogP contribution in [-0.4, -0.2) is 61.0 Å². The Morgan fingerprint density at radius 1 is 1.00 bits per heavy atom. The number of hydrogen-bond donors (Lipinski definition) is 0. The molecule has 1 saturated heterocycles. The van der Waals surface area contributed by atoms with Crippen LogP contribution in [0, 0.1) is 5.41 Å². The van der Waals surface area contributed by atoms with Gasteiger partial charge in [-0.25, -0.2) is 0 Å². The summed E-state index contributed by atoms with van der Waals surface area (Å²) in [6, 6.07) is 3.33. The van der Waals surface area contributed by atoms with E-state index in [4.69, 9.17) is 21.1 Å². The lowest BCUT2D eigenvalue weighted by atomic mass is 9.94. The van der Waals surface area contributed by atoms with Gasteiger partial charge in [-0.3, -0.25) is 9.59 Å². The lowest BCUT2D eigenvalue weighted by Crippen LogP contribution is -2.53. The second kappa shape index (κ2) is 7.35. The molecular formula is C19H25ClN2O4. The van der Waals surface area contributed by atoms with Crippen LogP contribution in [0.2, 0.25) is 5.02 Å². The predicted octanol–water partition coefficient (Wildman–Crippen LogP) is 2.83. The minimum Gasteiger partial charge on any atom is -0.489 e. The van der Waals surface area contributed by atoms with Crippen LogP contribution >= 0.6 is 11.6 Å². The van der Waals surface area contributed by atoms with Gasteiger partial charge in [0.1, 0.15) is 0 Å². The fourth-order valence-corrected chi connectivity index (χ4v) is 3.39. The molecule has 0 aliphatic carbocycles. The summed E-state index contributed by atoms with van der Waals surface area (Å²) in [5.41, 5.74) is 0.0727. The Bertz CT molecular complexity index is 706. The molecule has 1 aromatic carbocycles. The Hall–Kier alpha value is -1.95. The Morgan fingerprint density at radius 3 is 2.27 bits per heavy atom. The summed E-state index contributed by atoms with van der Waals surface area (Å²) in [5.74, 6) is 1.02. The van der Waals surface area contributed by atoms with Crippen LogP contribution in [0.3, 0.4) is 0 Å². The van der Waals surface area contributed by atoms with Crippen LogP contribution in [0.5, 0.6) is 11.5 Å². The number of piperazine rings is 1. The zero-order chi connectivity index (χ0) is 18.9. The summed E-state index contributed by atoms with van der Waals surface area (Å²) in [5, 5.41) is 0.384. The number of carbonyl (C=O) groups excluding carboxylic acids is 2. The molecule has 26 heavy (non-hydrogen) atoms. The summed E-state index contributed by atoms with van der Waals surface area (Å²) in [7, 11) is 0. The smallest absolute Gasteiger partial charge is 0.254 e. The maximum atomic E-state index is 12.9. The number of benzene rings is 1. The third kappa shape index (κ3) is 3.90. The molecule has 142 valence electrons. The molecule has 1 fully saturated rings. The molecule has 1 aromatic rings. The zero-order valence-electron chi connectivity index (χ0n) is 15.5. The van der Waals surface area contributed by atoms with E-state index < -0.39 is 5.41 Å². The zero-order valence-corrected chi connectivity index (χ0v) is 16.3. The molecule has 0 unspecified atom stereocenters. The first kappa shape index (κ1) is 18.8. The molecule has 0 saturated carbocycles. The Morgan fingerprint density at radius 2 is 1.62 bits per heavy atom. The predicted molar refractivity (Wildman–Crippen MR) is 99.0 cm³/mol. The van der Waals surface area contributed by atoms with Gasteiger partial charge in [-0.15, -0.1) is 0 Å². The first-order valence-corrected chi connectivity index (χ1v) is 9.33. The van der Waals surface area contributed by atoms with Crippen molar-refractivity contribution in [1.29, 1.82) is 0 Å². The normalized spacial score (nSPS) is 17.7. The molecule has 6 nitrogen and oxygen atoms in total. The molecule has 0 atom stereocenters. The highest BCUT2D eigenvalue weighted by Gasteiger charge is 2.31.